The number of imidazole rings is 1. The smallest absolute Gasteiger partial charge is 0.476 e. The number of hydrogen-bond acceptors (Lipinski definition) is 5. The van der Waals surface area contributed by atoms with Gasteiger partial charge in [0, 0.05) is 39.4 Å². The van der Waals surface area contributed by atoms with E-state index in [-0.39, 0.29) is 11.4 Å². The highest BCUT2D eigenvalue weighted by Crippen LogP contribution is 2.51. The van der Waals surface area contributed by atoms with Gasteiger partial charge >= 0.3 is 12.3 Å². The van der Waals surface area contributed by atoms with Crippen molar-refractivity contribution in [3.63, 3.8) is 0 Å². The number of rotatable bonds is 8. The molecule has 2 unspecified atom stereocenters. The number of ether oxygens (including phenoxy) is 1. The van der Waals surface area contributed by atoms with Gasteiger partial charge in [0.1, 0.15) is 5.75 Å². The molecule has 1 aromatic heterocycles. The van der Waals surface area contributed by atoms with Crippen LogP contribution in [0.5, 0.6) is 5.75 Å². The molecule has 10 heteroatoms. The van der Waals surface area contributed by atoms with Gasteiger partial charge in [0.2, 0.25) is 0 Å². The maximum absolute atomic E-state index is 12.3. The van der Waals surface area contributed by atoms with Crippen molar-refractivity contribution in [2.45, 2.75) is 26.4 Å². The molecular formula is C27H31F3N4O3. The predicted molar refractivity (Wildman–Crippen MR) is 132 cm³/mol. The lowest BCUT2D eigenvalue weighted by Crippen LogP contribution is -2.27. The molecule has 2 N–H and O–H groups in total. The third-order valence-electron chi connectivity index (χ3n) is 6.87. The molecule has 0 radical (unpaired) electrons. The third-order valence-corrected chi connectivity index (χ3v) is 6.87. The number of alkyl halides is 3. The molecule has 5 rings (SSSR count). The number of aromatic carboxylic acids is 1. The largest absolute Gasteiger partial charge is 0.573 e. The summed E-state index contributed by atoms with van der Waals surface area (Å²) in [5.74, 6) is 1.02. The summed E-state index contributed by atoms with van der Waals surface area (Å²) in [6.45, 7) is 6.93. The van der Waals surface area contributed by atoms with E-state index in [1.807, 2.05) is 6.07 Å². The number of nitrogens with one attached hydrogen (secondary N) is 1. The zero-order valence-electron chi connectivity index (χ0n) is 20.8. The summed E-state index contributed by atoms with van der Waals surface area (Å²) in [7, 11) is 1.72. The second-order valence-electron chi connectivity index (χ2n) is 9.67. The summed E-state index contributed by atoms with van der Waals surface area (Å²) in [5, 5.41) is 11.7. The number of hydrogen-bond donors (Lipinski definition) is 2. The van der Waals surface area contributed by atoms with E-state index in [4.69, 9.17) is 5.11 Å². The van der Waals surface area contributed by atoms with E-state index in [9.17, 15) is 18.0 Å². The quantitative estimate of drug-likeness (QED) is 0.460. The molecule has 0 spiro atoms. The first-order chi connectivity index (χ1) is 17.6. The van der Waals surface area contributed by atoms with Crippen molar-refractivity contribution in [3.8, 4) is 5.75 Å². The first-order valence-electron chi connectivity index (χ1n) is 12.1. The van der Waals surface area contributed by atoms with Crippen LogP contribution in [0.25, 0.3) is 0 Å². The summed E-state index contributed by atoms with van der Waals surface area (Å²) < 4.78 is 42.5. The van der Waals surface area contributed by atoms with Gasteiger partial charge < -0.3 is 19.7 Å². The highest BCUT2D eigenvalue weighted by atomic mass is 19.4. The second-order valence-corrected chi connectivity index (χ2v) is 9.67. The lowest BCUT2D eigenvalue weighted by atomic mass is 10.1. The normalized spacial score (nSPS) is 20.6. The summed E-state index contributed by atoms with van der Waals surface area (Å²) in [5.41, 5.74) is 3.63. The number of piperidine rings is 1. The van der Waals surface area contributed by atoms with Crippen molar-refractivity contribution in [1.29, 1.82) is 0 Å². The first-order valence-corrected chi connectivity index (χ1v) is 12.1. The number of carboxylic acid groups (broad SMARTS) is 1. The number of carbonyl (C=O) groups is 1. The monoisotopic (exact) mass is 516 g/mol. The topological polar surface area (TPSA) is 79.6 Å². The fraction of sp³-hybridized carbons (Fsp3) is 0.407. The third kappa shape index (κ3) is 7.56. The Labute approximate surface area is 213 Å². The van der Waals surface area contributed by atoms with Gasteiger partial charge in [0.05, 0.1) is 6.33 Å². The molecule has 1 aliphatic carbocycles. The maximum Gasteiger partial charge on any atom is 0.573 e. The van der Waals surface area contributed by atoms with Crippen LogP contribution in [0.15, 0.2) is 61.1 Å². The van der Waals surface area contributed by atoms with Crippen LogP contribution in [-0.2, 0) is 20.1 Å². The Morgan fingerprint density at radius 1 is 1.16 bits per heavy atom. The number of aromatic nitrogens is 2. The number of halogens is 3. The molecule has 2 heterocycles. The Morgan fingerprint density at radius 3 is 2.49 bits per heavy atom. The lowest BCUT2D eigenvalue weighted by Gasteiger charge is -2.20. The number of carboxylic acids is 1. The van der Waals surface area contributed by atoms with Crippen LogP contribution in [0.1, 0.15) is 27.2 Å². The number of likely N-dealkylation sites (tertiary alicyclic amines) is 1. The fourth-order valence-corrected chi connectivity index (χ4v) is 4.96. The molecule has 198 valence electrons. The Kier molecular flexibility index (Phi) is 8.19. The van der Waals surface area contributed by atoms with Crippen molar-refractivity contribution in [2.24, 2.45) is 24.8 Å². The van der Waals surface area contributed by atoms with Gasteiger partial charge in [0.15, 0.2) is 5.69 Å². The molecule has 1 saturated carbocycles. The predicted octanol–water partition coefficient (Wildman–Crippen LogP) is 4.48. The maximum atomic E-state index is 12.3. The zero-order chi connectivity index (χ0) is 26.6. The van der Waals surface area contributed by atoms with E-state index >= 15 is 0 Å². The Hall–Kier alpha value is -3.37. The molecular weight excluding hydrogens is 485 g/mol. The minimum absolute atomic E-state index is 0.0810. The summed E-state index contributed by atoms with van der Waals surface area (Å²) in [6.07, 6.45) is -1.76. The molecule has 2 aromatic carbocycles. The minimum Gasteiger partial charge on any atom is -0.476 e. The van der Waals surface area contributed by atoms with E-state index in [0.29, 0.717) is 12.5 Å². The SMILES string of the molecule is Cc1ccccc1CN1CC2C(CNCc3cccc(OC(F)(F)F)c3)C2C1.Cn1cnc(C(=O)O)c1. The zero-order valence-corrected chi connectivity index (χ0v) is 20.8. The van der Waals surface area contributed by atoms with Crippen molar-refractivity contribution >= 4 is 5.97 Å². The van der Waals surface area contributed by atoms with E-state index in [1.54, 1.807) is 17.7 Å². The highest BCUT2D eigenvalue weighted by Gasteiger charge is 2.54. The van der Waals surface area contributed by atoms with Crippen molar-refractivity contribution in [2.75, 3.05) is 19.6 Å². The standard InChI is InChI=1S/C22H25F3N2O.C5H6N2O2/c1-15-5-2-3-7-17(15)12-27-13-20-19(21(20)14-27)11-26-10-16-6-4-8-18(9-16)28-22(23,24)25;1-7-2-4(5(8)9)6-3-7/h2-9,19-21,26H,10-14H2,1H3;2-3H,1H3,(H,8,9). The highest BCUT2D eigenvalue weighted by molar-refractivity contribution is 5.84. The van der Waals surface area contributed by atoms with Gasteiger partial charge in [-0.25, -0.2) is 9.78 Å². The van der Waals surface area contributed by atoms with E-state index in [1.165, 1.54) is 35.8 Å². The summed E-state index contributed by atoms with van der Waals surface area (Å²) in [4.78, 5) is 16.3. The van der Waals surface area contributed by atoms with Crippen molar-refractivity contribution in [3.05, 3.63) is 83.4 Å². The average Bonchev–Trinajstić information content (AvgIpc) is 3.14. The second kappa shape index (κ2) is 11.4. The van der Waals surface area contributed by atoms with Crippen LogP contribution in [-0.4, -0.2) is 51.5 Å². The average molecular weight is 517 g/mol. The van der Waals surface area contributed by atoms with Crippen LogP contribution in [0.3, 0.4) is 0 Å². The van der Waals surface area contributed by atoms with Crippen LogP contribution in [0.4, 0.5) is 13.2 Å². The molecule has 0 bridgehead atoms. The number of fused-ring (bicyclic) bond motifs is 1. The van der Waals surface area contributed by atoms with E-state index < -0.39 is 12.3 Å². The molecule has 2 fully saturated rings. The van der Waals surface area contributed by atoms with Crippen LogP contribution in [0.2, 0.25) is 0 Å². The summed E-state index contributed by atoms with van der Waals surface area (Å²) >= 11 is 0. The fourth-order valence-electron chi connectivity index (χ4n) is 4.96. The van der Waals surface area contributed by atoms with Crippen molar-refractivity contribution < 1.29 is 27.8 Å². The van der Waals surface area contributed by atoms with E-state index in [2.05, 4.69) is 51.1 Å². The summed E-state index contributed by atoms with van der Waals surface area (Å²) in [6, 6.07) is 14.7. The molecule has 1 saturated heterocycles. The molecule has 0 amide bonds. The molecule has 37 heavy (non-hydrogen) atoms. The van der Waals surface area contributed by atoms with Crippen molar-refractivity contribution in [1.82, 2.24) is 19.8 Å². The molecule has 2 aliphatic rings. The Balaban J connectivity index is 0.000000301. The van der Waals surface area contributed by atoms with Crippen LogP contribution >= 0.6 is 0 Å². The van der Waals surface area contributed by atoms with Crippen LogP contribution < -0.4 is 10.1 Å². The first kappa shape index (κ1) is 26.7. The molecule has 1 aliphatic heterocycles. The van der Waals surface area contributed by atoms with Gasteiger partial charge in [0.25, 0.3) is 0 Å². The molecule has 3 aromatic rings. The van der Waals surface area contributed by atoms with Gasteiger partial charge in [-0.05, 0) is 60.0 Å². The number of aryl methyl sites for hydroxylation is 2. The van der Waals surface area contributed by atoms with Gasteiger partial charge in [-0.1, -0.05) is 36.4 Å². The van der Waals surface area contributed by atoms with Gasteiger partial charge in [-0.15, -0.1) is 13.2 Å². The van der Waals surface area contributed by atoms with Crippen LogP contribution in [0, 0.1) is 24.7 Å². The van der Waals surface area contributed by atoms with Gasteiger partial charge in [-0.2, -0.15) is 0 Å². The minimum atomic E-state index is -4.65. The van der Waals surface area contributed by atoms with Gasteiger partial charge in [-0.3, -0.25) is 4.90 Å². The van der Waals surface area contributed by atoms with E-state index in [0.717, 1.165) is 43.6 Å². The lowest BCUT2D eigenvalue weighted by molar-refractivity contribution is -0.274. The number of benzene rings is 2. The number of nitrogens with zero attached hydrogens (tertiary/aromatic N) is 3. The molecule has 2 atom stereocenters. The Bertz CT molecular complexity index is 1200. The Morgan fingerprint density at radius 2 is 1.89 bits per heavy atom. The molecule has 7 nitrogen and oxygen atoms in total.